The lowest BCUT2D eigenvalue weighted by atomic mass is 10.2. The highest BCUT2D eigenvalue weighted by Gasteiger charge is 2.06. The molecule has 0 unspecified atom stereocenters. The molecular formula is C9H7ClN2O. The van der Waals surface area contributed by atoms with Crippen LogP contribution >= 0.6 is 11.6 Å². The van der Waals surface area contributed by atoms with Gasteiger partial charge in [-0.2, -0.15) is 0 Å². The van der Waals surface area contributed by atoms with Crippen molar-refractivity contribution in [2.24, 2.45) is 0 Å². The molecule has 0 bridgehead atoms. The Hall–Kier alpha value is -1.35. The average molecular weight is 195 g/mol. The molecule has 0 saturated heterocycles. The Morgan fingerprint density at radius 1 is 1.38 bits per heavy atom. The van der Waals surface area contributed by atoms with E-state index in [1.165, 1.54) is 0 Å². The van der Waals surface area contributed by atoms with Gasteiger partial charge < -0.3 is 4.42 Å². The van der Waals surface area contributed by atoms with Crippen molar-refractivity contribution in [3.05, 3.63) is 35.2 Å². The first kappa shape index (κ1) is 8.26. The molecule has 0 N–H and O–H groups in total. The summed E-state index contributed by atoms with van der Waals surface area (Å²) in [5.74, 6) is 0.710. The fraction of sp³-hybridized carbons (Fsp3) is 0.111. The van der Waals surface area contributed by atoms with E-state index < -0.39 is 0 Å². The summed E-state index contributed by atoms with van der Waals surface area (Å²) < 4.78 is 5.19. The summed E-state index contributed by atoms with van der Waals surface area (Å²) in [5.41, 5.74) is 1.68. The number of aryl methyl sites for hydroxylation is 1. The maximum absolute atomic E-state index is 5.67. The lowest BCUT2D eigenvalue weighted by Crippen LogP contribution is -1.90. The van der Waals surface area contributed by atoms with Gasteiger partial charge in [-0.15, -0.1) is 10.2 Å². The van der Waals surface area contributed by atoms with E-state index in [-0.39, 0.29) is 0 Å². The largest absolute Gasteiger partial charge is 0.463 e. The van der Waals surface area contributed by atoms with Crippen LogP contribution in [0.15, 0.2) is 28.9 Å². The summed E-state index contributed by atoms with van der Waals surface area (Å²) in [6, 6.07) is 5.41. The van der Waals surface area contributed by atoms with E-state index in [2.05, 4.69) is 10.2 Å². The zero-order chi connectivity index (χ0) is 9.26. The van der Waals surface area contributed by atoms with Gasteiger partial charge in [0.25, 0.3) is 0 Å². The third kappa shape index (κ3) is 1.55. The van der Waals surface area contributed by atoms with Crippen LogP contribution in [-0.2, 0) is 0 Å². The number of hydrogen-bond donors (Lipinski definition) is 0. The van der Waals surface area contributed by atoms with Crippen molar-refractivity contribution in [2.75, 3.05) is 0 Å². The van der Waals surface area contributed by atoms with Gasteiger partial charge >= 0.3 is 0 Å². The standard InChI is InChI=1S/C9H7ClN2O/c1-6-5-8(10)11-12-9(6)7-3-2-4-13-7/h2-5H,1H3. The normalized spacial score (nSPS) is 10.3. The van der Waals surface area contributed by atoms with Gasteiger partial charge in [-0.1, -0.05) is 11.6 Å². The molecule has 0 fully saturated rings. The third-order valence-corrected chi connectivity index (χ3v) is 1.89. The Morgan fingerprint density at radius 3 is 2.85 bits per heavy atom. The molecule has 2 aromatic rings. The van der Waals surface area contributed by atoms with E-state index in [1.54, 1.807) is 12.3 Å². The number of aromatic nitrogens is 2. The first-order chi connectivity index (χ1) is 6.27. The van der Waals surface area contributed by atoms with E-state index in [9.17, 15) is 0 Å². The molecule has 2 rings (SSSR count). The minimum Gasteiger partial charge on any atom is -0.463 e. The second-order valence-corrected chi connectivity index (χ2v) is 3.06. The highest BCUT2D eigenvalue weighted by molar-refractivity contribution is 6.29. The molecule has 0 spiro atoms. The average Bonchev–Trinajstić information content (AvgIpc) is 2.56. The van der Waals surface area contributed by atoms with Gasteiger partial charge in [0.2, 0.25) is 0 Å². The van der Waals surface area contributed by atoms with E-state index in [1.807, 2.05) is 19.1 Å². The van der Waals surface area contributed by atoms with Crippen molar-refractivity contribution in [2.45, 2.75) is 6.92 Å². The zero-order valence-electron chi connectivity index (χ0n) is 6.99. The number of furan rings is 1. The molecule has 66 valence electrons. The van der Waals surface area contributed by atoms with Crippen molar-refractivity contribution in [3.63, 3.8) is 0 Å². The lowest BCUT2D eigenvalue weighted by molar-refractivity contribution is 0.578. The Morgan fingerprint density at radius 2 is 2.23 bits per heavy atom. The molecule has 0 aliphatic rings. The third-order valence-electron chi connectivity index (χ3n) is 1.71. The summed E-state index contributed by atoms with van der Waals surface area (Å²) in [6.07, 6.45) is 1.60. The Kier molecular flexibility index (Phi) is 2.02. The summed E-state index contributed by atoms with van der Waals surface area (Å²) >= 11 is 5.67. The summed E-state index contributed by atoms with van der Waals surface area (Å²) in [6.45, 7) is 1.92. The first-order valence-corrected chi connectivity index (χ1v) is 4.19. The van der Waals surface area contributed by atoms with Gasteiger partial charge in [0.1, 0.15) is 5.69 Å². The zero-order valence-corrected chi connectivity index (χ0v) is 7.75. The molecule has 0 aromatic carbocycles. The van der Waals surface area contributed by atoms with Crippen molar-refractivity contribution in [1.82, 2.24) is 10.2 Å². The Labute approximate surface area is 80.4 Å². The summed E-state index contributed by atoms with van der Waals surface area (Å²) in [4.78, 5) is 0. The lowest BCUT2D eigenvalue weighted by Gasteiger charge is -1.99. The van der Waals surface area contributed by atoms with Crippen LogP contribution in [0.3, 0.4) is 0 Å². The van der Waals surface area contributed by atoms with Crippen LogP contribution in [0.25, 0.3) is 11.5 Å². The molecule has 0 amide bonds. The van der Waals surface area contributed by atoms with E-state index in [0.717, 1.165) is 11.3 Å². The van der Waals surface area contributed by atoms with Crippen molar-refractivity contribution in [1.29, 1.82) is 0 Å². The van der Waals surface area contributed by atoms with E-state index in [0.29, 0.717) is 10.9 Å². The molecule has 0 aliphatic heterocycles. The second kappa shape index (κ2) is 3.18. The predicted octanol–water partition coefficient (Wildman–Crippen LogP) is 2.70. The molecular weight excluding hydrogens is 188 g/mol. The van der Waals surface area contributed by atoms with Gasteiger partial charge in [-0.25, -0.2) is 0 Å². The van der Waals surface area contributed by atoms with Gasteiger partial charge in [-0.3, -0.25) is 0 Å². The topological polar surface area (TPSA) is 38.9 Å². The molecule has 0 aliphatic carbocycles. The summed E-state index contributed by atoms with van der Waals surface area (Å²) in [7, 11) is 0. The smallest absolute Gasteiger partial charge is 0.154 e. The van der Waals surface area contributed by atoms with Crippen LogP contribution < -0.4 is 0 Å². The SMILES string of the molecule is Cc1cc(Cl)nnc1-c1ccco1. The highest BCUT2D eigenvalue weighted by atomic mass is 35.5. The Balaban J connectivity index is 2.53. The number of hydrogen-bond acceptors (Lipinski definition) is 3. The molecule has 3 nitrogen and oxygen atoms in total. The number of nitrogens with zero attached hydrogens (tertiary/aromatic N) is 2. The quantitative estimate of drug-likeness (QED) is 0.701. The van der Waals surface area contributed by atoms with Gasteiger partial charge in [0.15, 0.2) is 10.9 Å². The first-order valence-electron chi connectivity index (χ1n) is 3.81. The van der Waals surface area contributed by atoms with E-state index in [4.69, 9.17) is 16.0 Å². The fourth-order valence-corrected chi connectivity index (χ4v) is 1.31. The van der Waals surface area contributed by atoms with Crippen LogP contribution in [0.5, 0.6) is 0 Å². The fourth-order valence-electron chi connectivity index (χ4n) is 1.11. The highest BCUT2D eigenvalue weighted by Crippen LogP contribution is 2.21. The molecule has 0 radical (unpaired) electrons. The van der Waals surface area contributed by atoms with Crippen LogP contribution in [0.1, 0.15) is 5.56 Å². The second-order valence-electron chi connectivity index (χ2n) is 2.68. The van der Waals surface area contributed by atoms with Crippen molar-refractivity contribution in [3.8, 4) is 11.5 Å². The summed E-state index contributed by atoms with van der Waals surface area (Å²) in [5, 5.41) is 8.09. The van der Waals surface area contributed by atoms with Gasteiger partial charge in [0.05, 0.1) is 6.26 Å². The van der Waals surface area contributed by atoms with Gasteiger partial charge in [-0.05, 0) is 30.7 Å². The monoisotopic (exact) mass is 194 g/mol. The minimum absolute atomic E-state index is 0.396. The minimum atomic E-state index is 0.396. The molecule has 4 heteroatoms. The molecule has 13 heavy (non-hydrogen) atoms. The van der Waals surface area contributed by atoms with Crippen LogP contribution in [0, 0.1) is 6.92 Å². The van der Waals surface area contributed by atoms with Crippen LogP contribution in [-0.4, -0.2) is 10.2 Å². The van der Waals surface area contributed by atoms with Crippen LogP contribution in [0.2, 0.25) is 5.15 Å². The molecule has 0 atom stereocenters. The van der Waals surface area contributed by atoms with Crippen molar-refractivity contribution >= 4 is 11.6 Å². The predicted molar refractivity (Wildman–Crippen MR) is 49.5 cm³/mol. The Bertz CT molecular complexity index is 412. The van der Waals surface area contributed by atoms with Gasteiger partial charge in [0, 0.05) is 0 Å². The molecule has 2 heterocycles. The maximum atomic E-state index is 5.67. The number of halogens is 1. The molecule has 2 aromatic heterocycles. The van der Waals surface area contributed by atoms with E-state index >= 15 is 0 Å². The molecule has 0 saturated carbocycles. The number of rotatable bonds is 1. The van der Waals surface area contributed by atoms with Crippen LogP contribution in [0.4, 0.5) is 0 Å². The van der Waals surface area contributed by atoms with Crippen molar-refractivity contribution < 1.29 is 4.42 Å². The maximum Gasteiger partial charge on any atom is 0.154 e.